The van der Waals surface area contributed by atoms with Crippen molar-refractivity contribution < 1.29 is 27.5 Å². The van der Waals surface area contributed by atoms with E-state index in [1.165, 1.54) is 12.0 Å². The van der Waals surface area contributed by atoms with E-state index < -0.39 is 12.1 Å². The Morgan fingerprint density at radius 3 is 2.39 bits per heavy atom. The second kappa shape index (κ2) is 6.89. The molecule has 1 heterocycles. The Hall–Kier alpha value is -2.25. The predicted molar refractivity (Wildman–Crippen MR) is 76.1 cm³/mol. The Morgan fingerprint density at radius 2 is 1.74 bits per heavy atom. The van der Waals surface area contributed by atoms with Gasteiger partial charge in [-0.15, -0.1) is 0 Å². The van der Waals surface area contributed by atoms with E-state index in [1.807, 2.05) is 0 Å². The number of methoxy groups -OCH3 is 1. The van der Waals surface area contributed by atoms with Crippen LogP contribution in [0.2, 0.25) is 0 Å². The number of amides is 2. The highest BCUT2D eigenvalue weighted by atomic mass is 19.4. The van der Waals surface area contributed by atoms with Crippen molar-refractivity contribution in [3.8, 4) is 5.75 Å². The summed E-state index contributed by atoms with van der Waals surface area (Å²) in [5, 5.41) is 0. The molecule has 1 aliphatic rings. The molecule has 0 spiro atoms. The van der Waals surface area contributed by atoms with Crippen molar-refractivity contribution in [2.45, 2.75) is 12.6 Å². The van der Waals surface area contributed by atoms with Gasteiger partial charge >= 0.3 is 12.1 Å². The topological polar surface area (TPSA) is 49.9 Å². The van der Waals surface area contributed by atoms with Crippen molar-refractivity contribution in [2.24, 2.45) is 0 Å². The fraction of sp³-hybridized carbons (Fsp3) is 0.467. The standard InChI is InChI=1S/C15H17F3N2O3/c1-23-12-5-2-4-11(10-12)13(21)19-6-3-7-20(9-8-19)14(22)15(16,17)18/h2,4-5,10H,3,6-9H2,1H3. The molecule has 5 nitrogen and oxygen atoms in total. The highest BCUT2D eigenvalue weighted by molar-refractivity contribution is 5.94. The van der Waals surface area contributed by atoms with Gasteiger partial charge in [-0.25, -0.2) is 0 Å². The number of benzene rings is 1. The van der Waals surface area contributed by atoms with E-state index >= 15 is 0 Å². The third kappa shape index (κ3) is 4.14. The molecule has 2 rings (SSSR count). The first kappa shape index (κ1) is 17.1. The van der Waals surface area contributed by atoms with Crippen LogP contribution < -0.4 is 4.74 Å². The van der Waals surface area contributed by atoms with Crippen LogP contribution in [0.3, 0.4) is 0 Å². The van der Waals surface area contributed by atoms with Crippen LogP contribution in [0.1, 0.15) is 16.8 Å². The van der Waals surface area contributed by atoms with Crippen molar-refractivity contribution in [1.82, 2.24) is 9.80 Å². The summed E-state index contributed by atoms with van der Waals surface area (Å²) in [6, 6.07) is 6.56. The number of carbonyl (C=O) groups excluding carboxylic acids is 2. The fourth-order valence-electron chi connectivity index (χ4n) is 2.44. The van der Waals surface area contributed by atoms with Gasteiger partial charge in [0.1, 0.15) is 5.75 Å². The molecule has 0 radical (unpaired) electrons. The summed E-state index contributed by atoms with van der Waals surface area (Å²) in [6.07, 6.45) is -4.58. The summed E-state index contributed by atoms with van der Waals surface area (Å²) in [4.78, 5) is 25.9. The fourth-order valence-corrected chi connectivity index (χ4v) is 2.44. The molecule has 8 heteroatoms. The van der Waals surface area contributed by atoms with Crippen LogP contribution >= 0.6 is 0 Å². The Morgan fingerprint density at radius 1 is 1.09 bits per heavy atom. The third-order valence-corrected chi connectivity index (χ3v) is 3.63. The quantitative estimate of drug-likeness (QED) is 0.833. The van der Waals surface area contributed by atoms with Crippen LogP contribution in [0.4, 0.5) is 13.2 Å². The zero-order valence-electron chi connectivity index (χ0n) is 12.6. The number of nitrogens with zero attached hydrogens (tertiary/aromatic N) is 2. The van der Waals surface area contributed by atoms with Gasteiger partial charge in [0.2, 0.25) is 0 Å². The van der Waals surface area contributed by atoms with Crippen LogP contribution in [-0.4, -0.2) is 61.1 Å². The van der Waals surface area contributed by atoms with Gasteiger partial charge in [-0.2, -0.15) is 13.2 Å². The van der Waals surface area contributed by atoms with Gasteiger partial charge in [-0.3, -0.25) is 9.59 Å². The van der Waals surface area contributed by atoms with Gasteiger partial charge in [0.25, 0.3) is 5.91 Å². The number of halogens is 3. The Balaban J connectivity index is 2.05. The monoisotopic (exact) mass is 330 g/mol. The van der Waals surface area contributed by atoms with Crippen molar-refractivity contribution in [1.29, 1.82) is 0 Å². The largest absolute Gasteiger partial charge is 0.497 e. The molecule has 0 bridgehead atoms. The second-order valence-corrected chi connectivity index (χ2v) is 5.17. The van der Waals surface area contributed by atoms with Crippen molar-refractivity contribution in [2.75, 3.05) is 33.3 Å². The first-order valence-corrected chi connectivity index (χ1v) is 7.12. The van der Waals surface area contributed by atoms with Crippen LogP contribution in [0.5, 0.6) is 5.75 Å². The average molecular weight is 330 g/mol. The summed E-state index contributed by atoms with van der Waals surface area (Å²) < 4.78 is 42.5. The first-order chi connectivity index (χ1) is 10.8. The summed E-state index contributed by atoms with van der Waals surface area (Å²) in [7, 11) is 1.48. The lowest BCUT2D eigenvalue weighted by Crippen LogP contribution is -2.43. The number of ether oxygens (including phenoxy) is 1. The van der Waals surface area contributed by atoms with Crippen LogP contribution in [0.25, 0.3) is 0 Å². The van der Waals surface area contributed by atoms with Crippen LogP contribution in [0, 0.1) is 0 Å². The number of carbonyl (C=O) groups is 2. The van der Waals surface area contributed by atoms with Gasteiger partial charge in [-0.05, 0) is 24.6 Å². The number of hydrogen-bond donors (Lipinski definition) is 0. The second-order valence-electron chi connectivity index (χ2n) is 5.17. The predicted octanol–water partition coefficient (Wildman–Crippen LogP) is 1.93. The average Bonchev–Trinajstić information content (AvgIpc) is 2.78. The summed E-state index contributed by atoms with van der Waals surface area (Å²) in [5.41, 5.74) is 0.403. The summed E-state index contributed by atoms with van der Waals surface area (Å²) in [6.45, 7) is 0.226. The maximum absolute atomic E-state index is 12.5. The summed E-state index contributed by atoms with van der Waals surface area (Å²) in [5.74, 6) is -1.61. The molecule has 1 saturated heterocycles. The van der Waals surface area contributed by atoms with Gasteiger partial charge in [0, 0.05) is 31.7 Å². The van der Waals surface area contributed by atoms with E-state index in [2.05, 4.69) is 0 Å². The molecule has 126 valence electrons. The van der Waals surface area contributed by atoms with Crippen molar-refractivity contribution in [3.63, 3.8) is 0 Å². The molecule has 0 N–H and O–H groups in total. The molecular formula is C15H17F3N2O3. The molecular weight excluding hydrogens is 313 g/mol. The van der Waals surface area contributed by atoms with Crippen molar-refractivity contribution >= 4 is 11.8 Å². The van der Waals surface area contributed by atoms with E-state index in [0.29, 0.717) is 24.3 Å². The van der Waals surface area contributed by atoms with Crippen LogP contribution in [0.15, 0.2) is 24.3 Å². The lowest BCUT2D eigenvalue weighted by atomic mass is 10.2. The molecule has 0 saturated carbocycles. The van der Waals surface area contributed by atoms with E-state index in [-0.39, 0.29) is 25.5 Å². The molecule has 0 aromatic heterocycles. The minimum atomic E-state index is -4.88. The minimum absolute atomic E-state index is 0.0137. The zero-order valence-corrected chi connectivity index (χ0v) is 12.6. The number of hydrogen-bond acceptors (Lipinski definition) is 3. The normalized spacial score (nSPS) is 16.0. The van der Waals surface area contributed by atoms with E-state index in [4.69, 9.17) is 4.74 Å². The molecule has 1 aliphatic heterocycles. The van der Waals surface area contributed by atoms with E-state index in [1.54, 1.807) is 24.3 Å². The van der Waals surface area contributed by atoms with Gasteiger partial charge in [-0.1, -0.05) is 6.07 Å². The Bertz CT molecular complexity index is 590. The highest BCUT2D eigenvalue weighted by Gasteiger charge is 2.42. The molecule has 23 heavy (non-hydrogen) atoms. The van der Waals surface area contributed by atoms with E-state index in [9.17, 15) is 22.8 Å². The maximum Gasteiger partial charge on any atom is 0.471 e. The lowest BCUT2D eigenvalue weighted by molar-refractivity contribution is -0.185. The van der Waals surface area contributed by atoms with Gasteiger partial charge < -0.3 is 14.5 Å². The molecule has 0 unspecified atom stereocenters. The highest BCUT2D eigenvalue weighted by Crippen LogP contribution is 2.20. The minimum Gasteiger partial charge on any atom is -0.497 e. The van der Waals surface area contributed by atoms with Gasteiger partial charge in [0.05, 0.1) is 7.11 Å². The molecule has 1 aromatic rings. The molecule has 0 atom stereocenters. The number of rotatable bonds is 2. The summed E-state index contributed by atoms with van der Waals surface area (Å²) >= 11 is 0. The smallest absolute Gasteiger partial charge is 0.471 e. The molecule has 2 amide bonds. The lowest BCUT2D eigenvalue weighted by Gasteiger charge is -2.23. The van der Waals surface area contributed by atoms with Gasteiger partial charge in [0.15, 0.2) is 0 Å². The maximum atomic E-state index is 12.5. The third-order valence-electron chi connectivity index (χ3n) is 3.63. The van der Waals surface area contributed by atoms with Crippen LogP contribution in [-0.2, 0) is 4.79 Å². The number of alkyl halides is 3. The Kier molecular flexibility index (Phi) is 5.12. The molecule has 1 aromatic carbocycles. The van der Waals surface area contributed by atoms with E-state index in [0.717, 1.165) is 4.90 Å². The zero-order chi connectivity index (χ0) is 17.0. The van der Waals surface area contributed by atoms with Crippen molar-refractivity contribution in [3.05, 3.63) is 29.8 Å². The molecule has 1 fully saturated rings. The Labute approximate surface area is 131 Å². The molecule has 0 aliphatic carbocycles. The SMILES string of the molecule is COc1cccc(C(=O)N2CCCN(C(=O)C(F)(F)F)CC2)c1. The first-order valence-electron chi connectivity index (χ1n) is 7.12.